The topological polar surface area (TPSA) is 69.0 Å². The molecule has 0 radical (unpaired) electrons. The van der Waals surface area contributed by atoms with Gasteiger partial charge in [0.25, 0.3) is 5.91 Å². The molecule has 112 valence electrons. The van der Waals surface area contributed by atoms with E-state index >= 15 is 0 Å². The summed E-state index contributed by atoms with van der Waals surface area (Å²) >= 11 is 5.95. The Balaban J connectivity index is 1.74. The normalized spacial score (nSPS) is 12.1. The number of para-hydroxylation sites is 1. The van der Waals surface area contributed by atoms with Gasteiger partial charge in [0.15, 0.2) is 0 Å². The fourth-order valence-electron chi connectivity index (χ4n) is 1.91. The molecule has 0 bridgehead atoms. The fourth-order valence-corrected chi connectivity index (χ4v) is 2.08. The van der Waals surface area contributed by atoms with Crippen LogP contribution in [0.25, 0.3) is 11.0 Å². The predicted octanol–water partition coefficient (Wildman–Crippen LogP) is 2.54. The van der Waals surface area contributed by atoms with Crippen molar-refractivity contribution in [1.29, 1.82) is 0 Å². The van der Waals surface area contributed by atoms with Crippen molar-refractivity contribution in [3.63, 3.8) is 0 Å². The van der Waals surface area contributed by atoms with Crippen LogP contribution in [-0.4, -0.2) is 27.2 Å². The zero-order valence-electron chi connectivity index (χ0n) is 11.7. The number of aromatic nitrogens is 3. The number of rotatable bonds is 4. The molecular weight excluding hydrogens is 304 g/mol. The lowest BCUT2D eigenvalue weighted by Gasteiger charge is -2.13. The maximum absolute atomic E-state index is 12.1. The van der Waals surface area contributed by atoms with Crippen molar-refractivity contribution in [2.75, 3.05) is 5.32 Å². The third-order valence-corrected chi connectivity index (χ3v) is 3.28. The maximum Gasteiger partial charge on any atom is 0.267 e. The summed E-state index contributed by atoms with van der Waals surface area (Å²) in [6.07, 6.45) is -0.746. The fraction of sp³-hybridized carbons (Fsp3) is 0.133. The SMILES string of the molecule is C[C@H](On1nnc2ccc(Cl)cc21)C(=O)Nc1ccccc1. The molecule has 2 aromatic carbocycles. The first kappa shape index (κ1) is 14.3. The summed E-state index contributed by atoms with van der Waals surface area (Å²) in [6, 6.07) is 14.3. The Morgan fingerprint density at radius 1 is 1.27 bits per heavy atom. The van der Waals surface area contributed by atoms with Gasteiger partial charge in [-0.3, -0.25) is 4.79 Å². The van der Waals surface area contributed by atoms with E-state index in [2.05, 4.69) is 15.6 Å². The number of fused-ring (bicyclic) bond motifs is 1. The summed E-state index contributed by atoms with van der Waals surface area (Å²) in [5, 5.41) is 11.1. The van der Waals surface area contributed by atoms with Crippen molar-refractivity contribution in [2.45, 2.75) is 13.0 Å². The zero-order chi connectivity index (χ0) is 15.5. The van der Waals surface area contributed by atoms with Crippen LogP contribution in [-0.2, 0) is 4.79 Å². The van der Waals surface area contributed by atoms with E-state index in [1.807, 2.05) is 18.2 Å². The number of nitrogens with zero attached hydrogens (tertiary/aromatic N) is 3. The van der Waals surface area contributed by atoms with Crippen LogP contribution in [0.15, 0.2) is 48.5 Å². The van der Waals surface area contributed by atoms with Gasteiger partial charge in [0, 0.05) is 10.7 Å². The monoisotopic (exact) mass is 316 g/mol. The lowest BCUT2D eigenvalue weighted by atomic mass is 10.3. The van der Waals surface area contributed by atoms with Crippen LogP contribution < -0.4 is 10.2 Å². The first-order valence-electron chi connectivity index (χ1n) is 6.67. The molecule has 1 atom stereocenters. The molecule has 3 rings (SSSR count). The lowest BCUT2D eigenvalue weighted by molar-refractivity contribution is -0.127. The number of carbonyl (C=O) groups excluding carboxylic acids is 1. The molecule has 0 unspecified atom stereocenters. The second-order valence-corrected chi connectivity index (χ2v) is 5.13. The van der Waals surface area contributed by atoms with Gasteiger partial charge in [0.1, 0.15) is 11.0 Å². The molecule has 1 aromatic heterocycles. The molecule has 0 saturated carbocycles. The summed E-state index contributed by atoms with van der Waals surface area (Å²) in [5.74, 6) is -0.281. The van der Waals surface area contributed by atoms with Crippen molar-refractivity contribution in [3.8, 4) is 0 Å². The molecule has 0 aliphatic heterocycles. The molecule has 6 nitrogen and oxygen atoms in total. The molecule has 22 heavy (non-hydrogen) atoms. The lowest BCUT2D eigenvalue weighted by Crippen LogP contribution is -2.35. The van der Waals surface area contributed by atoms with Crippen LogP contribution in [0.2, 0.25) is 5.02 Å². The summed E-state index contributed by atoms with van der Waals surface area (Å²) in [6.45, 7) is 1.64. The minimum absolute atomic E-state index is 0.281. The van der Waals surface area contributed by atoms with Crippen LogP contribution in [0.3, 0.4) is 0 Å². The first-order valence-corrected chi connectivity index (χ1v) is 7.05. The van der Waals surface area contributed by atoms with E-state index < -0.39 is 6.10 Å². The molecule has 0 aliphatic rings. The number of halogens is 1. The van der Waals surface area contributed by atoms with Crippen molar-refractivity contribution in [2.24, 2.45) is 0 Å². The molecule has 0 fully saturated rings. The molecule has 7 heteroatoms. The number of anilines is 1. The number of benzene rings is 2. The predicted molar refractivity (Wildman–Crippen MR) is 83.7 cm³/mol. The average Bonchev–Trinajstić information content (AvgIpc) is 2.90. The summed E-state index contributed by atoms with van der Waals surface area (Å²) in [5.41, 5.74) is 1.95. The minimum atomic E-state index is -0.746. The van der Waals surface area contributed by atoms with Gasteiger partial charge in [0.2, 0.25) is 6.10 Å². The van der Waals surface area contributed by atoms with Crippen LogP contribution in [0.5, 0.6) is 0 Å². The Morgan fingerprint density at radius 2 is 2.05 bits per heavy atom. The van der Waals surface area contributed by atoms with Crippen molar-refractivity contribution in [1.82, 2.24) is 15.2 Å². The van der Waals surface area contributed by atoms with Gasteiger partial charge >= 0.3 is 0 Å². The highest BCUT2D eigenvalue weighted by Gasteiger charge is 2.17. The summed E-state index contributed by atoms with van der Waals surface area (Å²) < 4.78 is 0. The van der Waals surface area contributed by atoms with Crippen molar-refractivity contribution < 1.29 is 9.63 Å². The quantitative estimate of drug-likeness (QED) is 0.803. The molecule has 3 aromatic rings. The summed E-state index contributed by atoms with van der Waals surface area (Å²) in [4.78, 5) is 18.9. The van der Waals surface area contributed by atoms with Gasteiger partial charge in [-0.2, -0.15) is 0 Å². The van der Waals surface area contributed by atoms with Crippen LogP contribution >= 0.6 is 11.6 Å². The highest BCUT2D eigenvalue weighted by Crippen LogP contribution is 2.16. The molecule has 0 aliphatic carbocycles. The number of nitrogens with one attached hydrogen (secondary N) is 1. The number of hydrogen-bond acceptors (Lipinski definition) is 4. The minimum Gasteiger partial charge on any atom is -0.382 e. The van der Waals surface area contributed by atoms with E-state index in [0.717, 1.165) is 0 Å². The van der Waals surface area contributed by atoms with E-state index in [1.165, 1.54) is 4.85 Å². The molecule has 0 spiro atoms. The highest BCUT2D eigenvalue weighted by atomic mass is 35.5. The highest BCUT2D eigenvalue weighted by molar-refractivity contribution is 6.31. The first-order chi connectivity index (χ1) is 10.6. The van der Waals surface area contributed by atoms with Gasteiger partial charge < -0.3 is 10.2 Å². The van der Waals surface area contributed by atoms with Gasteiger partial charge in [0.05, 0.1) is 0 Å². The third-order valence-electron chi connectivity index (χ3n) is 3.05. The van der Waals surface area contributed by atoms with Gasteiger partial charge in [-0.05, 0) is 42.5 Å². The zero-order valence-corrected chi connectivity index (χ0v) is 12.5. The third kappa shape index (κ3) is 3.01. The number of hydrogen-bond donors (Lipinski definition) is 1. The standard InChI is InChI=1S/C15H13ClN4O2/c1-10(15(21)17-12-5-3-2-4-6-12)22-20-14-9-11(16)7-8-13(14)18-19-20/h2-10H,1H3,(H,17,21)/t10-/m0/s1. The van der Waals surface area contributed by atoms with Gasteiger partial charge in [-0.25, -0.2) is 0 Å². The Labute approximate surface area is 131 Å². The molecular formula is C15H13ClN4O2. The smallest absolute Gasteiger partial charge is 0.267 e. The van der Waals surface area contributed by atoms with E-state index in [1.54, 1.807) is 37.3 Å². The molecule has 0 saturated heterocycles. The van der Waals surface area contributed by atoms with E-state index in [4.69, 9.17) is 16.4 Å². The van der Waals surface area contributed by atoms with Gasteiger partial charge in [-0.1, -0.05) is 34.6 Å². The van der Waals surface area contributed by atoms with Crippen LogP contribution in [0.1, 0.15) is 6.92 Å². The Kier molecular flexibility index (Phi) is 3.93. The van der Waals surface area contributed by atoms with Crippen molar-refractivity contribution >= 4 is 34.2 Å². The second kappa shape index (κ2) is 6.03. The average molecular weight is 317 g/mol. The molecule has 1 heterocycles. The largest absolute Gasteiger partial charge is 0.382 e. The summed E-state index contributed by atoms with van der Waals surface area (Å²) in [7, 11) is 0. The maximum atomic E-state index is 12.1. The number of carbonyl (C=O) groups is 1. The van der Waals surface area contributed by atoms with Gasteiger partial charge in [-0.15, -0.1) is 5.10 Å². The second-order valence-electron chi connectivity index (χ2n) is 4.70. The van der Waals surface area contributed by atoms with E-state index in [9.17, 15) is 4.79 Å². The van der Waals surface area contributed by atoms with E-state index in [-0.39, 0.29) is 5.91 Å². The van der Waals surface area contributed by atoms with Crippen LogP contribution in [0.4, 0.5) is 5.69 Å². The Morgan fingerprint density at radius 3 is 2.82 bits per heavy atom. The Hall–Kier alpha value is -2.60. The number of amides is 1. The van der Waals surface area contributed by atoms with Crippen LogP contribution in [0, 0.1) is 0 Å². The van der Waals surface area contributed by atoms with E-state index in [0.29, 0.717) is 21.7 Å². The Bertz CT molecular complexity index is 804. The van der Waals surface area contributed by atoms with Crippen molar-refractivity contribution in [3.05, 3.63) is 53.6 Å². The molecule has 1 amide bonds. The molecule has 1 N–H and O–H groups in total.